The maximum atomic E-state index is 12.8. The van der Waals surface area contributed by atoms with E-state index in [0.717, 1.165) is 5.56 Å². The van der Waals surface area contributed by atoms with Gasteiger partial charge in [-0.1, -0.05) is 30.3 Å². The van der Waals surface area contributed by atoms with Gasteiger partial charge >= 0.3 is 0 Å². The summed E-state index contributed by atoms with van der Waals surface area (Å²) in [5.74, 6) is 0. The topological polar surface area (TPSA) is 63.4 Å². The average molecular weight is 290 g/mol. The lowest BCUT2D eigenvalue weighted by Gasteiger charge is -2.22. The third kappa shape index (κ3) is 2.36. The van der Waals surface area contributed by atoms with Crippen molar-refractivity contribution in [1.82, 2.24) is 0 Å². The van der Waals surface area contributed by atoms with Gasteiger partial charge in [-0.2, -0.15) is 0 Å². The number of para-hydroxylation sites is 1. The molecule has 0 atom stereocenters. The highest BCUT2D eigenvalue weighted by Crippen LogP contribution is 2.30. The van der Waals surface area contributed by atoms with E-state index in [-0.39, 0.29) is 4.90 Å². The molecule has 5 heteroatoms. The highest BCUT2D eigenvalue weighted by Gasteiger charge is 2.26. The highest BCUT2D eigenvalue weighted by molar-refractivity contribution is 7.93. The van der Waals surface area contributed by atoms with Crippen molar-refractivity contribution in [2.24, 2.45) is 0 Å². The molecule has 2 aromatic carbocycles. The zero-order valence-electron chi connectivity index (χ0n) is 11.8. The largest absolute Gasteiger partial charge is 0.397 e. The van der Waals surface area contributed by atoms with Crippen LogP contribution < -0.4 is 10.0 Å². The second kappa shape index (κ2) is 5.17. The van der Waals surface area contributed by atoms with Crippen LogP contribution in [-0.4, -0.2) is 15.5 Å². The Kier molecular flexibility index (Phi) is 3.72. The molecule has 0 amide bonds. The third-order valence-electron chi connectivity index (χ3n) is 3.35. The maximum Gasteiger partial charge on any atom is 0.266 e. The van der Waals surface area contributed by atoms with Gasteiger partial charge in [0.15, 0.2) is 0 Å². The Morgan fingerprint density at radius 1 is 0.950 bits per heavy atom. The van der Waals surface area contributed by atoms with Gasteiger partial charge in [-0.3, -0.25) is 4.31 Å². The van der Waals surface area contributed by atoms with Gasteiger partial charge in [0.05, 0.1) is 11.4 Å². The van der Waals surface area contributed by atoms with Crippen molar-refractivity contribution >= 4 is 21.4 Å². The molecule has 0 aliphatic carbocycles. The molecule has 0 bridgehead atoms. The quantitative estimate of drug-likeness (QED) is 0.884. The molecule has 0 saturated carbocycles. The Bertz CT molecular complexity index is 725. The Balaban J connectivity index is 2.60. The number of anilines is 2. The number of aryl methyl sites for hydroxylation is 2. The van der Waals surface area contributed by atoms with Crippen LogP contribution in [0.5, 0.6) is 0 Å². The van der Waals surface area contributed by atoms with Gasteiger partial charge in [0.2, 0.25) is 0 Å². The molecule has 2 N–H and O–H groups in total. The second-order valence-electron chi connectivity index (χ2n) is 4.75. The van der Waals surface area contributed by atoms with Crippen LogP contribution in [0.2, 0.25) is 0 Å². The van der Waals surface area contributed by atoms with Crippen molar-refractivity contribution < 1.29 is 8.42 Å². The third-order valence-corrected chi connectivity index (χ3v) is 5.34. The number of nitrogen functional groups attached to an aromatic ring is 1. The van der Waals surface area contributed by atoms with E-state index < -0.39 is 10.0 Å². The summed E-state index contributed by atoms with van der Waals surface area (Å²) < 4.78 is 26.8. The van der Waals surface area contributed by atoms with Crippen molar-refractivity contribution in [2.75, 3.05) is 17.1 Å². The lowest BCUT2D eigenvalue weighted by molar-refractivity contribution is 0.594. The molecule has 0 aromatic heterocycles. The molecule has 2 rings (SSSR count). The van der Waals surface area contributed by atoms with Crippen molar-refractivity contribution in [3.63, 3.8) is 0 Å². The zero-order valence-corrected chi connectivity index (χ0v) is 12.6. The lowest BCUT2D eigenvalue weighted by atomic mass is 10.1. The van der Waals surface area contributed by atoms with Crippen LogP contribution >= 0.6 is 0 Å². The molecule has 0 unspecified atom stereocenters. The van der Waals surface area contributed by atoms with Gasteiger partial charge in [-0.15, -0.1) is 0 Å². The van der Waals surface area contributed by atoms with Gasteiger partial charge in [0.25, 0.3) is 10.0 Å². The first-order chi connectivity index (χ1) is 9.35. The van der Waals surface area contributed by atoms with Crippen molar-refractivity contribution in [3.8, 4) is 0 Å². The Labute approximate surface area is 119 Å². The molecule has 2 aromatic rings. The van der Waals surface area contributed by atoms with E-state index in [1.807, 2.05) is 12.1 Å². The van der Waals surface area contributed by atoms with E-state index in [4.69, 9.17) is 5.73 Å². The fourth-order valence-corrected chi connectivity index (χ4v) is 3.65. The lowest BCUT2D eigenvalue weighted by Crippen LogP contribution is -2.28. The number of nitrogens with two attached hydrogens (primary N) is 1. The Hall–Kier alpha value is -2.01. The van der Waals surface area contributed by atoms with Crippen LogP contribution in [0, 0.1) is 13.8 Å². The van der Waals surface area contributed by atoms with Gasteiger partial charge < -0.3 is 5.73 Å². The SMILES string of the molecule is Cc1ccc(C)c(S(=O)(=O)N(C)c2ccccc2)c1N. The summed E-state index contributed by atoms with van der Waals surface area (Å²) in [4.78, 5) is 0.184. The number of benzene rings is 2. The molecule has 0 aliphatic rings. The van der Waals surface area contributed by atoms with E-state index >= 15 is 0 Å². The van der Waals surface area contributed by atoms with Gasteiger partial charge in [0.1, 0.15) is 4.90 Å². The number of hydrogen-bond donors (Lipinski definition) is 1. The van der Waals surface area contributed by atoms with Crippen LogP contribution in [-0.2, 0) is 10.0 Å². The Morgan fingerprint density at radius 3 is 2.10 bits per heavy atom. The summed E-state index contributed by atoms with van der Waals surface area (Å²) in [6.07, 6.45) is 0. The fourth-order valence-electron chi connectivity index (χ4n) is 2.06. The summed E-state index contributed by atoms with van der Waals surface area (Å²) in [6, 6.07) is 12.5. The van der Waals surface area contributed by atoms with Crippen LogP contribution in [0.3, 0.4) is 0 Å². The predicted molar refractivity (Wildman–Crippen MR) is 82.4 cm³/mol. The molecule has 4 nitrogen and oxygen atoms in total. The maximum absolute atomic E-state index is 12.8. The second-order valence-corrected chi connectivity index (χ2v) is 6.66. The fraction of sp³-hybridized carbons (Fsp3) is 0.200. The minimum absolute atomic E-state index is 0.184. The molecule has 0 saturated heterocycles. The van der Waals surface area contributed by atoms with E-state index in [0.29, 0.717) is 16.9 Å². The van der Waals surface area contributed by atoms with Crippen LogP contribution in [0.25, 0.3) is 0 Å². The standard InChI is InChI=1S/C15H18N2O2S/c1-11-9-10-12(2)15(14(11)16)20(18,19)17(3)13-7-5-4-6-8-13/h4-10H,16H2,1-3H3. The van der Waals surface area contributed by atoms with E-state index in [1.54, 1.807) is 44.2 Å². The van der Waals surface area contributed by atoms with Crippen molar-refractivity contribution in [3.05, 3.63) is 53.6 Å². The van der Waals surface area contributed by atoms with Crippen LogP contribution in [0.4, 0.5) is 11.4 Å². The van der Waals surface area contributed by atoms with Crippen molar-refractivity contribution in [1.29, 1.82) is 0 Å². The summed E-state index contributed by atoms with van der Waals surface area (Å²) in [5, 5.41) is 0. The first kappa shape index (κ1) is 14.4. The van der Waals surface area contributed by atoms with E-state index in [1.165, 1.54) is 11.4 Å². The summed E-state index contributed by atoms with van der Waals surface area (Å²) in [5.41, 5.74) is 8.31. The number of nitrogens with zero attached hydrogens (tertiary/aromatic N) is 1. The molecular formula is C15H18N2O2S. The number of rotatable bonds is 3. The van der Waals surface area contributed by atoms with Crippen LogP contribution in [0.15, 0.2) is 47.4 Å². The molecule has 0 spiro atoms. The average Bonchev–Trinajstić information content (AvgIpc) is 2.43. The first-order valence-corrected chi connectivity index (χ1v) is 7.69. The minimum Gasteiger partial charge on any atom is -0.397 e. The number of hydrogen-bond acceptors (Lipinski definition) is 3. The molecule has 106 valence electrons. The van der Waals surface area contributed by atoms with Crippen molar-refractivity contribution in [2.45, 2.75) is 18.7 Å². The normalized spacial score (nSPS) is 11.3. The van der Waals surface area contributed by atoms with E-state index in [9.17, 15) is 8.42 Å². The highest BCUT2D eigenvalue weighted by atomic mass is 32.2. The monoisotopic (exact) mass is 290 g/mol. The smallest absolute Gasteiger partial charge is 0.266 e. The summed E-state index contributed by atoms with van der Waals surface area (Å²) >= 11 is 0. The molecular weight excluding hydrogens is 272 g/mol. The molecule has 0 radical (unpaired) electrons. The predicted octanol–water partition coefficient (Wildman–Crippen LogP) is 2.71. The van der Waals surface area contributed by atoms with Gasteiger partial charge in [0, 0.05) is 7.05 Å². The minimum atomic E-state index is -3.67. The first-order valence-electron chi connectivity index (χ1n) is 6.25. The zero-order chi connectivity index (χ0) is 14.9. The number of sulfonamides is 1. The summed E-state index contributed by atoms with van der Waals surface area (Å²) in [6.45, 7) is 3.55. The molecule has 0 aliphatic heterocycles. The van der Waals surface area contributed by atoms with Crippen LogP contribution in [0.1, 0.15) is 11.1 Å². The van der Waals surface area contributed by atoms with E-state index in [2.05, 4.69) is 0 Å². The summed E-state index contributed by atoms with van der Waals surface area (Å²) in [7, 11) is -2.13. The molecule has 0 fully saturated rings. The molecule has 0 heterocycles. The van der Waals surface area contributed by atoms with Gasteiger partial charge in [-0.25, -0.2) is 8.42 Å². The molecule has 20 heavy (non-hydrogen) atoms. The Morgan fingerprint density at radius 2 is 1.50 bits per heavy atom. The van der Waals surface area contributed by atoms with Gasteiger partial charge in [-0.05, 0) is 37.1 Å².